The minimum absolute atomic E-state index is 0.304. The Morgan fingerprint density at radius 1 is 0.947 bits per heavy atom. The number of rotatable bonds is 0. The van der Waals surface area contributed by atoms with Crippen molar-refractivity contribution in [3.05, 3.63) is 47.5 Å². The Kier molecular flexibility index (Phi) is 1.75. The largest absolute Gasteiger partial charge is 0.344 e. The Labute approximate surface area is 108 Å². The predicted molar refractivity (Wildman–Crippen MR) is 72.2 cm³/mol. The standard InChI is InChI=1S/C15H10N2O2/c1-17-10-5-3-2-4-8(10)12-11(17)7-6-9-13(12)15(19)16-14(9)18/h2-7H,1H3,(H,16,18,19). The van der Waals surface area contributed by atoms with Crippen molar-refractivity contribution in [2.45, 2.75) is 0 Å². The van der Waals surface area contributed by atoms with Gasteiger partial charge in [-0.1, -0.05) is 18.2 Å². The molecule has 4 rings (SSSR count). The third kappa shape index (κ3) is 1.13. The highest BCUT2D eigenvalue weighted by Gasteiger charge is 2.30. The van der Waals surface area contributed by atoms with E-state index >= 15 is 0 Å². The molecule has 1 aliphatic heterocycles. The van der Waals surface area contributed by atoms with Crippen molar-refractivity contribution in [3.8, 4) is 0 Å². The number of nitrogens with one attached hydrogen (secondary N) is 1. The summed E-state index contributed by atoms with van der Waals surface area (Å²) >= 11 is 0. The van der Waals surface area contributed by atoms with Gasteiger partial charge in [0.15, 0.2) is 0 Å². The highest BCUT2D eigenvalue weighted by atomic mass is 16.2. The molecule has 0 unspecified atom stereocenters. The van der Waals surface area contributed by atoms with Gasteiger partial charge < -0.3 is 4.57 Å². The third-order valence-corrected chi connectivity index (χ3v) is 3.78. The predicted octanol–water partition coefficient (Wildman–Crippen LogP) is 2.22. The number of para-hydroxylation sites is 1. The molecule has 2 heterocycles. The molecule has 2 amide bonds. The molecule has 19 heavy (non-hydrogen) atoms. The van der Waals surface area contributed by atoms with E-state index in [-0.39, 0.29) is 11.8 Å². The lowest BCUT2D eigenvalue weighted by Gasteiger charge is -1.99. The lowest BCUT2D eigenvalue weighted by atomic mass is 10.0. The van der Waals surface area contributed by atoms with Crippen molar-refractivity contribution < 1.29 is 9.59 Å². The minimum atomic E-state index is -0.310. The fourth-order valence-corrected chi connectivity index (χ4v) is 2.91. The lowest BCUT2D eigenvalue weighted by molar-refractivity contribution is 0.0880. The Morgan fingerprint density at radius 3 is 2.58 bits per heavy atom. The fraction of sp³-hybridized carbons (Fsp3) is 0.0667. The van der Waals surface area contributed by atoms with Crippen molar-refractivity contribution in [1.29, 1.82) is 0 Å². The van der Waals surface area contributed by atoms with Crippen LogP contribution in [-0.4, -0.2) is 16.4 Å². The van der Waals surface area contributed by atoms with Gasteiger partial charge in [-0.25, -0.2) is 0 Å². The summed E-state index contributed by atoms with van der Waals surface area (Å²) in [5, 5.41) is 4.22. The molecule has 0 aliphatic carbocycles. The Balaban J connectivity index is 2.33. The van der Waals surface area contributed by atoms with Gasteiger partial charge in [0.1, 0.15) is 0 Å². The van der Waals surface area contributed by atoms with E-state index in [1.54, 1.807) is 6.07 Å². The molecule has 0 saturated carbocycles. The number of hydrogen-bond donors (Lipinski definition) is 1. The van der Waals surface area contributed by atoms with Crippen LogP contribution in [0.25, 0.3) is 21.8 Å². The van der Waals surface area contributed by atoms with Crippen LogP contribution in [0.1, 0.15) is 20.7 Å². The maximum Gasteiger partial charge on any atom is 0.259 e. The molecular formula is C15H10N2O2. The maximum atomic E-state index is 12.0. The van der Waals surface area contributed by atoms with Gasteiger partial charge in [-0.3, -0.25) is 14.9 Å². The normalized spacial score (nSPS) is 14.2. The highest BCUT2D eigenvalue weighted by Crippen LogP contribution is 2.34. The van der Waals surface area contributed by atoms with Crippen molar-refractivity contribution in [3.63, 3.8) is 0 Å². The van der Waals surface area contributed by atoms with E-state index in [0.29, 0.717) is 11.1 Å². The minimum Gasteiger partial charge on any atom is -0.344 e. The van der Waals surface area contributed by atoms with Crippen LogP contribution < -0.4 is 5.32 Å². The summed E-state index contributed by atoms with van der Waals surface area (Å²) in [6.45, 7) is 0. The molecule has 4 nitrogen and oxygen atoms in total. The summed E-state index contributed by atoms with van der Waals surface area (Å²) in [6, 6.07) is 11.5. The first-order valence-corrected chi connectivity index (χ1v) is 6.04. The Bertz CT molecular complexity index is 890. The molecule has 0 bridgehead atoms. The second kappa shape index (κ2) is 3.23. The molecule has 0 radical (unpaired) electrons. The summed E-state index contributed by atoms with van der Waals surface area (Å²) in [5.74, 6) is -0.614. The van der Waals surface area contributed by atoms with Crippen molar-refractivity contribution >= 4 is 33.6 Å². The third-order valence-electron chi connectivity index (χ3n) is 3.78. The molecule has 2 aromatic carbocycles. The zero-order chi connectivity index (χ0) is 13.1. The number of carbonyl (C=O) groups excluding carboxylic acids is 2. The molecular weight excluding hydrogens is 240 g/mol. The highest BCUT2D eigenvalue weighted by molar-refractivity contribution is 6.30. The fourth-order valence-electron chi connectivity index (χ4n) is 2.91. The molecule has 3 aromatic rings. The first kappa shape index (κ1) is 10.3. The van der Waals surface area contributed by atoms with Gasteiger partial charge in [0.25, 0.3) is 11.8 Å². The van der Waals surface area contributed by atoms with Crippen LogP contribution in [0.5, 0.6) is 0 Å². The monoisotopic (exact) mass is 250 g/mol. The van der Waals surface area contributed by atoms with Crippen LogP contribution >= 0.6 is 0 Å². The van der Waals surface area contributed by atoms with E-state index in [1.807, 2.05) is 41.9 Å². The molecule has 1 aromatic heterocycles. The van der Waals surface area contributed by atoms with Gasteiger partial charge in [0.05, 0.1) is 11.1 Å². The molecule has 0 spiro atoms. The number of fused-ring (bicyclic) bond motifs is 5. The van der Waals surface area contributed by atoms with Crippen molar-refractivity contribution in [1.82, 2.24) is 9.88 Å². The zero-order valence-electron chi connectivity index (χ0n) is 10.2. The van der Waals surface area contributed by atoms with Gasteiger partial charge in [-0.2, -0.15) is 0 Å². The Morgan fingerprint density at radius 2 is 1.74 bits per heavy atom. The second-order valence-electron chi connectivity index (χ2n) is 4.74. The Hall–Kier alpha value is -2.62. The van der Waals surface area contributed by atoms with E-state index in [2.05, 4.69) is 5.32 Å². The van der Waals surface area contributed by atoms with E-state index in [1.165, 1.54) is 0 Å². The maximum absolute atomic E-state index is 12.0. The van der Waals surface area contributed by atoms with Crippen LogP contribution in [0.3, 0.4) is 0 Å². The average Bonchev–Trinajstić information content (AvgIpc) is 2.87. The number of benzene rings is 2. The van der Waals surface area contributed by atoms with Crippen LogP contribution in [0.4, 0.5) is 0 Å². The lowest BCUT2D eigenvalue weighted by Crippen LogP contribution is -2.19. The van der Waals surface area contributed by atoms with Crippen LogP contribution in [0.2, 0.25) is 0 Å². The zero-order valence-corrected chi connectivity index (χ0v) is 10.2. The average molecular weight is 250 g/mol. The van der Waals surface area contributed by atoms with E-state index in [4.69, 9.17) is 0 Å². The van der Waals surface area contributed by atoms with E-state index in [9.17, 15) is 9.59 Å². The van der Waals surface area contributed by atoms with Crippen LogP contribution in [0, 0.1) is 0 Å². The van der Waals surface area contributed by atoms with Gasteiger partial charge >= 0.3 is 0 Å². The molecule has 4 heteroatoms. The van der Waals surface area contributed by atoms with Crippen molar-refractivity contribution in [2.75, 3.05) is 0 Å². The summed E-state index contributed by atoms with van der Waals surface area (Å²) in [7, 11) is 1.96. The van der Waals surface area contributed by atoms with Gasteiger partial charge in [0, 0.05) is 28.9 Å². The number of nitrogens with zero attached hydrogens (tertiary/aromatic N) is 1. The molecule has 1 N–H and O–H groups in total. The summed E-state index contributed by atoms with van der Waals surface area (Å²) < 4.78 is 2.04. The quantitative estimate of drug-likeness (QED) is 0.622. The topological polar surface area (TPSA) is 51.1 Å². The first-order chi connectivity index (χ1) is 9.18. The summed E-state index contributed by atoms with van der Waals surface area (Å²) in [6.07, 6.45) is 0. The number of carbonyl (C=O) groups is 2. The van der Waals surface area contributed by atoms with E-state index in [0.717, 1.165) is 21.8 Å². The molecule has 92 valence electrons. The molecule has 0 atom stereocenters. The number of hydrogen-bond acceptors (Lipinski definition) is 2. The smallest absolute Gasteiger partial charge is 0.259 e. The van der Waals surface area contributed by atoms with E-state index < -0.39 is 0 Å². The summed E-state index contributed by atoms with van der Waals surface area (Å²) in [4.78, 5) is 23.7. The van der Waals surface area contributed by atoms with Gasteiger partial charge in [-0.05, 0) is 18.2 Å². The molecule has 0 saturated heterocycles. The number of aryl methyl sites for hydroxylation is 1. The SMILES string of the molecule is Cn1c2ccccc2c2c3c(ccc21)C(=O)NC3=O. The van der Waals surface area contributed by atoms with Gasteiger partial charge in [-0.15, -0.1) is 0 Å². The van der Waals surface area contributed by atoms with Gasteiger partial charge in [0.2, 0.25) is 0 Å². The second-order valence-corrected chi connectivity index (χ2v) is 4.74. The first-order valence-electron chi connectivity index (χ1n) is 6.04. The molecule has 1 aliphatic rings. The van der Waals surface area contributed by atoms with Crippen LogP contribution in [0.15, 0.2) is 36.4 Å². The molecule has 0 fully saturated rings. The number of amides is 2. The number of aromatic nitrogens is 1. The van der Waals surface area contributed by atoms with Crippen LogP contribution in [-0.2, 0) is 7.05 Å². The summed E-state index contributed by atoms with van der Waals surface area (Å²) in [5.41, 5.74) is 2.98. The number of imide groups is 1. The van der Waals surface area contributed by atoms with Crippen molar-refractivity contribution in [2.24, 2.45) is 7.05 Å².